The van der Waals surface area contributed by atoms with E-state index in [2.05, 4.69) is 5.10 Å². The highest BCUT2D eigenvalue weighted by Crippen LogP contribution is 2.25. The minimum atomic E-state index is -1.21. The number of carbonyl (C=O) groups is 1. The van der Waals surface area contributed by atoms with E-state index in [0.717, 1.165) is 4.88 Å². The van der Waals surface area contributed by atoms with Crippen LogP contribution in [0, 0.1) is 5.92 Å². The van der Waals surface area contributed by atoms with Crippen molar-refractivity contribution in [2.75, 3.05) is 0 Å². The quantitative estimate of drug-likeness (QED) is 0.931. The fourth-order valence-corrected chi connectivity index (χ4v) is 2.53. The number of hydrogen-bond acceptors (Lipinski definition) is 4. The monoisotopic (exact) mass is 278 g/mol. The molecule has 0 radical (unpaired) electrons. The van der Waals surface area contributed by atoms with E-state index in [-0.39, 0.29) is 11.5 Å². The maximum atomic E-state index is 12.2. The molecular formula is C13H14N2O3S. The van der Waals surface area contributed by atoms with E-state index in [1.165, 1.54) is 22.2 Å². The van der Waals surface area contributed by atoms with Gasteiger partial charge < -0.3 is 5.11 Å². The average Bonchev–Trinajstić information content (AvgIpc) is 2.83. The molecule has 2 aromatic rings. The summed E-state index contributed by atoms with van der Waals surface area (Å²) in [5, 5.41) is 15.2. The minimum absolute atomic E-state index is 0.210. The maximum absolute atomic E-state index is 12.2. The van der Waals surface area contributed by atoms with Crippen LogP contribution in [0.5, 0.6) is 0 Å². The van der Waals surface area contributed by atoms with Gasteiger partial charge in [-0.05, 0) is 17.4 Å². The third-order valence-corrected chi connectivity index (χ3v) is 3.49. The molecule has 0 bridgehead atoms. The zero-order valence-corrected chi connectivity index (χ0v) is 11.5. The SMILES string of the molecule is CC(C)Cn1ncc(-c2cccs2)c(C(=O)O)c1=O. The minimum Gasteiger partial charge on any atom is -0.477 e. The lowest BCUT2D eigenvalue weighted by molar-refractivity contribution is 0.0694. The smallest absolute Gasteiger partial charge is 0.342 e. The van der Waals surface area contributed by atoms with E-state index < -0.39 is 11.5 Å². The van der Waals surface area contributed by atoms with Crippen LogP contribution in [0.1, 0.15) is 24.2 Å². The Balaban J connectivity index is 2.62. The van der Waals surface area contributed by atoms with E-state index in [9.17, 15) is 14.7 Å². The zero-order valence-electron chi connectivity index (χ0n) is 10.7. The Hall–Kier alpha value is -1.95. The Labute approximate surface area is 114 Å². The first kappa shape index (κ1) is 13.5. The van der Waals surface area contributed by atoms with E-state index >= 15 is 0 Å². The van der Waals surface area contributed by atoms with Crippen LogP contribution in [-0.4, -0.2) is 20.9 Å². The van der Waals surface area contributed by atoms with Crippen LogP contribution in [-0.2, 0) is 6.54 Å². The van der Waals surface area contributed by atoms with Gasteiger partial charge in [-0.2, -0.15) is 5.10 Å². The third-order valence-electron chi connectivity index (χ3n) is 2.58. The normalized spacial score (nSPS) is 10.9. The Morgan fingerprint density at radius 3 is 2.79 bits per heavy atom. The molecular weight excluding hydrogens is 264 g/mol. The molecule has 0 aliphatic rings. The Morgan fingerprint density at radius 1 is 1.53 bits per heavy atom. The third kappa shape index (κ3) is 2.73. The second-order valence-corrected chi connectivity index (χ2v) is 5.54. The van der Waals surface area contributed by atoms with Gasteiger partial charge in [-0.1, -0.05) is 19.9 Å². The van der Waals surface area contributed by atoms with Crippen molar-refractivity contribution < 1.29 is 9.90 Å². The fraction of sp³-hybridized carbons (Fsp3) is 0.308. The predicted molar refractivity (Wildman–Crippen MR) is 73.6 cm³/mol. The summed E-state index contributed by atoms with van der Waals surface area (Å²) >= 11 is 1.38. The van der Waals surface area contributed by atoms with Crippen LogP contribution in [0.15, 0.2) is 28.5 Å². The molecule has 2 heterocycles. The summed E-state index contributed by atoms with van der Waals surface area (Å²) in [5.74, 6) is -0.993. The first-order valence-corrected chi connectivity index (χ1v) is 6.76. The van der Waals surface area contributed by atoms with Crippen LogP contribution in [0.25, 0.3) is 10.4 Å². The summed E-state index contributed by atoms with van der Waals surface area (Å²) in [6, 6.07) is 3.59. The van der Waals surface area contributed by atoms with Crippen LogP contribution in [0.2, 0.25) is 0 Å². The van der Waals surface area contributed by atoms with Crippen LogP contribution < -0.4 is 5.56 Å². The number of thiophene rings is 1. The van der Waals surface area contributed by atoms with Crippen molar-refractivity contribution in [1.29, 1.82) is 0 Å². The average molecular weight is 278 g/mol. The van der Waals surface area contributed by atoms with Crippen molar-refractivity contribution >= 4 is 17.3 Å². The van der Waals surface area contributed by atoms with Crippen LogP contribution in [0.4, 0.5) is 0 Å². The topological polar surface area (TPSA) is 72.2 Å². The number of rotatable bonds is 4. The van der Waals surface area contributed by atoms with Crippen LogP contribution >= 0.6 is 11.3 Å². The zero-order chi connectivity index (χ0) is 14.0. The number of carboxylic acid groups (broad SMARTS) is 1. The maximum Gasteiger partial charge on any atom is 0.342 e. The van der Waals surface area contributed by atoms with Gasteiger partial charge in [0.2, 0.25) is 0 Å². The molecule has 6 heteroatoms. The second kappa shape index (κ2) is 5.36. The van der Waals surface area contributed by atoms with Gasteiger partial charge in [-0.3, -0.25) is 4.79 Å². The van der Waals surface area contributed by atoms with E-state index in [1.54, 1.807) is 6.07 Å². The second-order valence-electron chi connectivity index (χ2n) is 4.60. The van der Waals surface area contributed by atoms with E-state index in [0.29, 0.717) is 12.1 Å². The summed E-state index contributed by atoms with van der Waals surface area (Å²) < 4.78 is 1.21. The van der Waals surface area contributed by atoms with Gasteiger partial charge in [-0.15, -0.1) is 11.3 Å². The lowest BCUT2D eigenvalue weighted by Gasteiger charge is -2.10. The van der Waals surface area contributed by atoms with Crippen molar-refractivity contribution in [3.05, 3.63) is 39.6 Å². The lowest BCUT2D eigenvalue weighted by Crippen LogP contribution is -2.30. The first-order chi connectivity index (χ1) is 9.00. The highest BCUT2D eigenvalue weighted by Gasteiger charge is 2.20. The van der Waals surface area contributed by atoms with E-state index in [4.69, 9.17) is 0 Å². The Bertz CT molecular complexity index is 644. The summed E-state index contributed by atoms with van der Waals surface area (Å²) in [6.07, 6.45) is 1.46. The molecule has 0 aliphatic heterocycles. The van der Waals surface area contributed by atoms with Gasteiger partial charge in [0.05, 0.1) is 6.20 Å². The molecule has 19 heavy (non-hydrogen) atoms. The molecule has 100 valence electrons. The Kier molecular flexibility index (Phi) is 3.80. The predicted octanol–water partition coefficient (Wildman–Crippen LogP) is 2.33. The number of nitrogens with zero attached hydrogens (tertiary/aromatic N) is 2. The summed E-state index contributed by atoms with van der Waals surface area (Å²) in [7, 11) is 0. The van der Waals surface area contributed by atoms with Crippen molar-refractivity contribution in [3.8, 4) is 10.4 Å². The molecule has 0 aromatic carbocycles. The number of carboxylic acids is 1. The summed E-state index contributed by atoms with van der Waals surface area (Å²) in [4.78, 5) is 24.3. The van der Waals surface area contributed by atoms with Gasteiger partial charge in [0, 0.05) is 17.0 Å². The molecule has 2 rings (SSSR count). The molecule has 0 saturated carbocycles. The van der Waals surface area contributed by atoms with E-state index in [1.807, 2.05) is 25.3 Å². The van der Waals surface area contributed by atoms with Crippen LogP contribution in [0.3, 0.4) is 0 Å². The highest BCUT2D eigenvalue weighted by atomic mass is 32.1. The molecule has 0 amide bonds. The van der Waals surface area contributed by atoms with Crippen molar-refractivity contribution in [1.82, 2.24) is 9.78 Å². The van der Waals surface area contributed by atoms with Crippen molar-refractivity contribution in [3.63, 3.8) is 0 Å². The standard InChI is InChI=1S/C13H14N2O3S/c1-8(2)7-15-12(16)11(13(17)18)9(6-14-15)10-4-3-5-19-10/h3-6,8H,7H2,1-2H3,(H,17,18). The molecule has 1 N–H and O–H groups in total. The first-order valence-electron chi connectivity index (χ1n) is 5.88. The summed E-state index contributed by atoms with van der Waals surface area (Å²) in [6.45, 7) is 4.30. The highest BCUT2D eigenvalue weighted by molar-refractivity contribution is 7.13. The van der Waals surface area contributed by atoms with Gasteiger partial charge in [-0.25, -0.2) is 9.48 Å². The molecule has 0 unspecified atom stereocenters. The molecule has 0 saturated heterocycles. The summed E-state index contributed by atoms with van der Waals surface area (Å²) in [5.41, 5.74) is -0.377. The Morgan fingerprint density at radius 2 is 2.26 bits per heavy atom. The molecule has 0 atom stereocenters. The molecule has 0 fully saturated rings. The molecule has 0 aliphatic carbocycles. The van der Waals surface area contributed by atoms with Crippen molar-refractivity contribution in [2.45, 2.75) is 20.4 Å². The molecule has 5 nitrogen and oxygen atoms in total. The molecule has 2 aromatic heterocycles. The number of hydrogen-bond donors (Lipinski definition) is 1. The van der Waals surface area contributed by atoms with Gasteiger partial charge in [0.1, 0.15) is 5.56 Å². The van der Waals surface area contributed by atoms with Gasteiger partial charge in [0.15, 0.2) is 0 Å². The van der Waals surface area contributed by atoms with Crippen molar-refractivity contribution in [2.24, 2.45) is 5.92 Å². The van der Waals surface area contributed by atoms with Gasteiger partial charge in [0.25, 0.3) is 5.56 Å². The fourth-order valence-electron chi connectivity index (χ4n) is 1.79. The lowest BCUT2D eigenvalue weighted by atomic mass is 10.1. The largest absolute Gasteiger partial charge is 0.477 e. The number of aromatic nitrogens is 2. The van der Waals surface area contributed by atoms with Gasteiger partial charge >= 0.3 is 5.97 Å². The number of aromatic carboxylic acids is 1. The molecule has 0 spiro atoms.